The first-order valence-corrected chi connectivity index (χ1v) is 7.91. The van der Waals surface area contributed by atoms with E-state index in [-0.39, 0.29) is 11.8 Å². The van der Waals surface area contributed by atoms with Gasteiger partial charge in [-0.05, 0) is 49.3 Å². The van der Waals surface area contributed by atoms with E-state index in [9.17, 15) is 14.7 Å². The van der Waals surface area contributed by atoms with Crippen LogP contribution in [0.2, 0.25) is 0 Å². The molecule has 2 N–H and O–H groups in total. The minimum atomic E-state index is -0.444. The largest absolute Gasteiger partial charge is 0.391 e. The number of Topliss-reactive ketones (excluding diaryl/α,β-unsaturated/α-hetero) is 1. The highest BCUT2D eigenvalue weighted by atomic mass is 16.3. The number of ketones is 1. The van der Waals surface area contributed by atoms with Crippen molar-refractivity contribution < 1.29 is 14.7 Å². The zero-order chi connectivity index (χ0) is 15.7. The number of nitrogens with zero attached hydrogens (tertiary/aromatic N) is 1. The summed E-state index contributed by atoms with van der Waals surface area (Å²) in [4.78, 5) is 25.6. The van der Waals surface area contributed by atoms with Gasteiger partial charge in [0.05, 0.1) is 6.10 Å². The Morgan fingerprint density at radius 2 is 2.18 bits per heavy atom. The molecule has 0 aliphatic heterocycles. The Kier molecular flexibility index (Phi) is 4.16. The van der Waals surface area contributed by atoms with Crippen LogP contribution in [-0.4, -0.2) is 41.5 Å². The van der Waals surface area contributed by atoms with Crippen molar-refractivity contribution >= 4 is 17.5 Å². The summed E-state index contributed by atoms with van der Waals surface area (Å²) in [6.07, 6.45) is 4.05. The highest BCUT2D eigenvalue weighted by Crippen LogP contribution is 2.32. The van der Waals surface area contributed by atoms with Gasteiger partial charge < -0.3 is 15.3 Å². The maximum Gasteiger partial charge on any atom is 0.321 e. The summed E-state index contributed by atoms with van der Waals surface area (Å²) >= 11 is 0. The number of carbonyl (C=O) groups is 2. The lowest BCUT2D eigenvalue weighted by Gasteiger charge is -2.22. The standard InChI is InChI=1S/C17H22N2O3/c1-19(10-16(21)12-5-6-12)17(22)18-13-8-7-11-3-2-4-15(20)14(11)9-13/h7-9,12,16,21H,2-6,10H2,1H3,(H,18,22). The van der Waals surface area contributed by atoms with E-state index in [0.29, 0.717) is 24.6 Å². The molecule has 2 aliphatic carbocycles. The molecule has 0 bridgehead atoms. The fourth-order valence-electron chi connectivity index (χ4n) is 2.92. The number of hydrogen-bond acceptors (Lipinski definition) is 3. The van der Waals surface area contributed by atoms with Gasteiger partial charge in [0.25, 0.3) is 0 Å². The van der Waals surface area contributed by atoms with Gasteiger partial charge in [-0.3, -0.25) is 4.79 Å². The first-order chi connectivity index (χ1) is 10.5. The second-order valence-corrected chi connectivity index (χ2v) is 6.36. The Morgan fingerprint density at radius 3 is 2.91 bits per heavy atom. The van der Waals surface area contributed by atoms with Crippen molar-refractivity contribution in [2.75, 3.05) is 18.9 Å². The van der Waals surface area contributed by atoms with Crippen molar-refractivity contribution in [3.63, 3.8) is 0 Å². The Morgan fingerprint density at radius 1 is 1.41 bits per heavy atom. The van der Waals surface area contributed by atoms with Crippen LogP contribution >= 0.6 is 0 Å². The number of aliphatic hydroxyl groups is 1. The van der Waals surface area contributed by atoms with Crippen LogP contribution in [-0.2, 0) is 6.42 Å². The molecule has 1 aromatic carbocycles. The van der Waals surface area contributed by atoms with Crippen LogP contribution in [0, 0.1) is 5.92 Å². The lowest BCUT2D eigenvalue weighted by molar-refractivity contribution is 0.0972. The number of fused-ring (bicyclic) bond motifs is 1. The van der Waals surface area contributed by atoms with Crippen LogP contribution in [0.25, 0.3) is 0 Å². The molecule has 3 rings (SSSR count). The molecule has 1 fully saturated rings. The van der Waals surface area contributed by atoms with Gasteiger partial charge >= 0.3 is 6.03 Å². The Balaban J connectivity index is 1.63. The Bertz CT molecular complexity index is 596. The summed E-state index contributed by atoms with van der Waals surface area (Å²) in [6, 6.07) is 5.25. The number of rotatable bonds is 4. The number of urea groups is 1. The van der Waals surface area contributed by atoms with Crippen molar-refractivity contribution in [3.05, 3.63) is 29.3 Å². The fourth-order valence-corrected chi connectivity index (χ4v) is 2.92. The maximum atomic E-state index is 12.2. The molecule has 0 heterocycles. The van der Waals surface area contributed by atoms with Gasteiger partial charge in [-0.2, -0.15) is 0 Å². The molecule has 1 atom stereocenters. The highest BCUT2D eigenvalue weighted by Gasteiger charge is 2.31. The number of aryl methyl sites for hydroxylation is 1. The number of anilines is 1. The molecule has 2 amide bonds. The van der Waals surface area contributed by atoms with Crippen molar-refractivity contribution in [2.45, 2.75) is 38.2 Å². The number of likely N-dealkylation sites (N-methyl/N-ethyl adjacent to an activating group) is 1. The molecule has 22 heavy (non-hydrogen) atoms. The third-order valence-electron chi connectivity index (χ3n) is 4.49. The molecule has 0 spiro atoms. The minimum Gasteiger partial charge on any atom is -0.391 e. The molecule has 0 radical (unpaired) electrons. The van der Waals surface area contributed by atoms with Crippen LogP contribution in [0.4, 0.5) is 10.5 Å². The molecule has 5 heteroatoms. The molecule has 2 aliphatic rings. The predicted molar refractivity (Wildman–Crippen MR) is 84.1 cm³/mol. The summed E-state index contributed by atoms with van der Waals surface area (Å²) in [5, 5.41) is 12.7. The molecule has 1 saturated carbocycles. The van der Waals surface area contributed by atoms with Crippen molar-refractivity contribution in [3.8, 4) is 0 Å². The monoisotopic (exact) mass is 302 g/mol. The number of aliphatic hydroxyl groups excluding tert-OH is 1. The van der Waals surface area contributed by atoms with Gasteiger partial charge in [-0.25, -0.2) is 4.79 Å². The first-order valence-electron chi connectivity index (χ1n) is 7.91. The predicted octanol–water partition coefficient (Wildman–Crippen LogP) is 2.44. The van der Waals surface area contributed by atoms with Gasteiger partial charge in [0.1, 0.15) is 0 Å². The van der Waals surface area contributed by atoms with Crippen molar-refractivity contribution in [2.24, 2.45) is 5.92 Å². The van der Waals surface area contributed by atoms with Crippen molar-refractivity contribution in [1.82, 2.24) is 4.90 Å². The molecule has 1 aromatic rings. The van der Waals surface area contributed by atoms with Gasteiger partial charge in [-0.1, -0.05) is 6.07 Å². The van der Waals surface area contributed by atoms with E-state index in [2.05, 4.69) is 5.32 Å². The van der Waals surface area contributed by atoms with E-state index in [1.807, 2.05) is 12.1 Å². The molecule has 118 valence electrons. The molecule has 0 saturated heterocycles. The second-order valence-electron chi connectivity index (χ2n) is 6.36. The third kappa shape index (κ3) is 3.30. The van der Waals surface area contributed by atoms with E-state index in [1.165, 1.54) is 4.90 Å². The van der Waals surface area contributed by atoms with Gasteiger partial charge in [0, 0.05) is 31.3 Å². The second kappa shape index (κ2) is 6.08. The van der Waals surface area contributed by atoms with Gasteiger partial charge in [-0.15, -0.1) is 0 Å². The van der Waals surface area contributed by atoms with E-state index in [1.54, 1.807) is 13.1 Å². The zero-order valence-electron chi connectivity index (χ0n) is 12.8. The molecule has 5 nitrogen and oxygen atoms in total. The van der Waals surface area contributed by atoms with Crippen LogP contribution in [0.5, 0.6) is 0 Å². The average Bonchev–Trinajstić information content (AvgIpc) is 3.32. The van der Waals surface area contributed by atoms with E-state index in [4.69, 9.17) is 0 Å². The Labute approximate surface area is 130 Å². The highest BCUT2D eigenvalue weighted by molar-refractivity contribution is 6.00. The summed E-state index contributed by atoms with van der Waals surface area (Å²) in [7, 11) is 1.67. The topological polar surface area (TPSA) is 69.6 Å². The van der Waals surface area contributed by atoms with Crippen LogP contribution < -0.4 is 5.32 Å². The average molecular weight is 302 g/mol. The molecule has 0 aromatic heterocycles. The molecular weight excluding hydrogens is 280 g/mol. The third-order valence-corrected chi connectivity index (χ3v) is 4.49. The number of amides is 2. The quantitative estimate of drug-likeness (QED) is 0.897. The van der Waals surface area contributed by atoms with Crippen LogP contribution in [0.3, 0.4) is 0 Å². The van der Waals surface area contributed by atoms with E-state index >= 15 is 0 Å². The van der Waals surface area contributed by atoms with E-state index < -0.39 is 6.10 Å². The van der Waals surface area contributed by atoms with E-state index in [0.717, 1.165) is 36.8 Å². The summed E-state index contributed by atoms with van der Waals surface area (Å²) in [5.74, 6) is 0.492. The van der Waals surface area contributed by atoms with Crippen LogP contribution in [0.15, 0.2) is 18.2 Å². The van der Waals surface area contributed by atoms with Crippen LogP contribution in [0.1, 0.15) is 41.6 Å². The number of benzene rings is 1. The molecular formula is C17H22N2O3. The molecule has 1 unspecified atom stereocenters. The SMILES string of the molecule is CN(CC(O)C1CC1)C(=O)Nc1ccc2c(c1)C(=O)CCC2. The normalized spacial score (nSPS) is 18.5. The minimum absolute atomic E-state index is 0.148. The van der Waals surface area contributed by atoms with Gasteiger partial charge in [0.15, 0.2) is 5.78 Å². The summed E-state index contributed by atoms with van der Waals surface area (Å²) in [6.45, 7) is 0.334. The number of hydrogen-bond donors (Lipinski definition) is 2. The van der Waals surface area contributed by atoms with Gasteiger partial charge in [0.2, 0.25) is 0 Å². The zero-order valence-corrected chi connectivity index (χ0v) is 12.8. The summed E-state index contributed by atoms with van der Waals surface area (Å²) in [5.41, 5.74) is 2.42. The van der Waals surface area contributed by atoms with Crippen molar-refractivity contribution in [1.29, 1.82) is 0 Å². The fraction of sp³-hybridized carbons (Fsp3) is 0.529. The Hall–Kier alpha value is -1.88. The number of nitrogens with one attached hydrogen (secondary N) is 1. The number of carbonyl (C=O) groups excluding carboxylic acids is 2. The lowest BCUT2D eigenvalue weighted by Crippen LogP contribution is -2.38. The maximum absolute atomic E-state index is 12.2. The lowest BCUT2D eigenvalue weighted by atomic mass is 9.90. The first kappa shape index (κ1) is 15.0. The summed E-state index contributed by atoms with van der Waals surface area (Å²) < 4.78 is 0. The smallest absolute Gasteiger partial charge is 0.321 e.